The Morgan fingerprint density at radius 1 is 1.19 bits per heavy atom. The number of aromatic hydroxyl groups is 3. The van der Waals surface area contributed by atoms with Crippen molar-refractivity contribution in [3.05, 3.63) is 17.7 Å². The Morgan fingerprint density at radius 2 is 1.69 bits per heavy atom. The van der Waals surface area contributed by atoms with Gasteiger partial charge in [0.05, 0.1) is 6.61 Å². The van der Waals surface area contributed by atoms with E-state index in [9.17, 15) is 19.8 Å². The molecule has 1 rings (SSSR count). The van der Waals surface area contributed by atoms with E-state index in [1.54, 1.807) is 0 Å². The minimum absolute atomic E-state index is 0.00415. The number of hydrogen-bond donors (Lipinski definition) is 3. The van der Waals surface area contributed by atoms with Crippen LogP contribution in [-0.2, 0) is 9.53 Å². The van der Waals surface area contributed by atoms with Crippen LogP contribution in [0.25, 0.3) is 0 Å². The van der Waals surface area contributed by atoms with Gasteiger partial charge in [-0.1, -0.05) is 0 Å². The minimum atomic E-state index is -1.18. The van der Waals surface area contributed by atoms with Gasteiger partial charge in [-0.05, 0) is 6.92 Å². The van der Waals surface area contributed by atoms with E-state index in [1.807, 2.05) is 0 Å². The monoisotopic (exact) mass is 226 g/mol. The lowest BCUT2D eigenvalue weighted by Gasteiger charge is -2.06. The van der Waals surface area contributed by atoms with E-state index >= 15 is 0 Å². The van der Waals surface area contributed by atoms with E-state index in [-0.39, 0.29) is 6.61 Å². The highest BCUT2D eigenvalue weighted by atomic mass is 16.5. The summed E-state index contributed by atoms with van der Waals surface area (Å²) < 4.78 is 4.43. The van der Waals surface area contributed by atoms with Crippen molar-refractivity contribution < 1.29 is 29.6 Å². The molecule has 6 heteroatoms. The van der Waals surface area contributed by atoms with Crippen molar-refractivity contribution in [2.75, 3.05) is 6.61 Å². The molecule has 0 aliphatic carbocycles. The molecule has 86 valence electrons. The second-order valence-corrected chi connectivity index (χ2v) is 2.91. The van der Waals surface area contributed by atoms with Gasteiger partial charge in [-0.25, -0.2) is 4.79 Å². The maximum atomic E-state index is 11.4. The number of ether oxygens (including phenoxy) is 1. The largest absolute Gasteiger partial charge is 0.508 e. The predicted molar refractivity (Wildman–Crippen MR) is 52.4 cm³/mol. The van der Waals surface area contributed by atoms with Crippen LogP contribution < -0.4 is 0 Å². The number of carbonyl (C=O) groups excluding carboxylic acids is 2. The second-order valence-electron chi connectivity index (χ2n) is 2.91. The quantitative estimate of drug-likeness (QED) is 0.395. The molecule has 0 fully saturated rings. The van der Waals surface area contributed by atoms with Crippen LogP contribution in [0.3, 0.4) is 0 Å². The molecule has 0 heterocycles. The van der Waals surface area contributed by atoms with Gasteiger partial charge in [0, 0.05) is 12.1 Å². The summed E-state index contributed by atoms with van der Waals surface area (Å²) in [7, 11) is 0. The third-order valence-corrected chi connectivity index (χ3v) is 1.77. The minimum Gasteiger partial charge on any atom is -0.508 e. The third kappa shape index (κ3) is 2.22. The molecule has 6 nitrogen and oxygen atoms in total. The molecule has 0 amide bonds. The maximum Gasteiger partial charge on any atom is 0.379 e. The summed E-state index contributed by atoms with van der Waals surface area (Å²) in [5, 5.41) is 27.6. The van der Waals surface area contributed by atoms with E-state index < -0.39 is 34.6 Å². The van der Waals surface area contributed by atoms with Crippen LogP contribution in [0.5, 0.6) is 17.2 Å². The van der Waals surface area contributed by atoms with Crippen molar-refractivity contribution in [3.63, 3.8) is 0 Å². The Labute approximate surface area is 90.7 Å². The smallest absolute Gasteiger partial charge is 0.379 e. The van der Waals surface area contributed by atoms with Crippen molar-refractivity contribution in [3.8, 4) is 17.2 Å². The molecule has 0 radical (unpaired) electrons. The topological polar surface area (TPSA) is 104 Å². The Hall–Kier alpha value is -2.24. The lowest BCUT2D eigenvalue weighted by atomic mass is 10.1. The highest BCUT2D eigenvalue weighted by Gasteiger charge is 2.25. The van der Waals surface area contributed by atoms with Gasteiger partial charge in [0.15, 0.2) is 0 Å². The zero-order valence-corrected chi connectivity index (χ0v) is 8.43. The number of phenols is 3. The lowest BCUT2D eigenvalue weighted by Crippen LogP contribution is -2.17. The summed E-state index contributed by atoms with van der Waals surface area (Å²) >= 11 is 0. The summed E-state index contributed by atoms with van der Waals surface area (Å²) in [6.07, 6.45) is 0. The molecule has 3 N–H and O–H groups in total. The van der Waals surface area contributed by atoms with Gasteiger partial charge in [0.25, 0.3) is 5.78 Å². The molecule has 1 aromatic rings. The van der Waals surface area contributed by atoms with Crippen LogP contribution in [0.2, 0.25) is 0 Å². The number of phenolic OH excluding ortho intramolecular Hbond substituents is 3. The summed E-state index contributed by atoms with van der Waals surface area (Å²) in [4.78, 5) is 22.5. The highest BCUT2D eigenvalue weighted by Crippen LogP contribution is 2.32. The maximum absolute atomic E-state index is 11.4. The molecule has 0 aliphatic rings. The summed E-state index contributed by atoms with van der Waals surface area (Å²) in [6.45, 7) is 1.52. The number of rotatable bonds is 3. The van der Waals surface area contributed by atoms with Crippen molar-refractivity contribution in [2.45, 2.75) is 6.92 Å². The molecule has 1 aromatic carbocycles. The Kier molecular flexibility index (Phi) is 3.34. The molecular formula is C10H10O6. The molecular weight excluding hydrogens is 216 g/mol. The fourth-order valence-corrected chi connectivity index (χ4v) is 1.13. The first-order valence-corrected chi connectivity index (χ1v) is 4.43. The van der Waals surface area contributed by atoms with Gasteiger partial charge in [0.2, 0.25) is 0 Å². The molecule has 0 bridgehead atoms. The standard InChI is InChI=1S/C10H10O6/c1-2-16-10(15)9(14)8-6(12)3-5(11)4-7(8)13/h3-4,11-13H,2H2,1H3. The number of ketones is 1. The fourth-order valence-electron chi connectivity index (χ4n) is 1.13. The van der Waals surface area contributed by atoms with E-state index in [0.717, 1.165) is 12.1 Å². The van der Waals surface area contributed by atoms with Gasteiger partial charge >= 0.3 is 5.97 Å². The first kappa shape index (κ1) is 11.8. The van der Waals surface area contributed by atoms with Gasteiger partial charge in [-0.15, -0.1) is 0 Å². The molecule has 0 aromatic heterocycles. The normalized spacial score (nSPS) is 9.81. The number of esters is 1. The molecule has 0 saturated heterocycles. The number of hydrogen-bond acceptors (Lipinski definition) is 6. The van der Waals surface area contributed by atoms with Gasteiger partial charge in [-0.3, -0.25) is 4.79 Å². The highest BCUT2D eigenvalue weighted by molar-refractivity contribution is 6.42. The van der Waals surface area contributed by atoms with Gasteiger partial charge in [-0.2, -0.15) is 0 Å². The third-order valence-electron chi connectivity index (χ3n) is 1.77. The lowest BCUT2D eigenvalue weighted by molar-refractivity contribution is -0.137. The molecule has 0 spiro atoms. The van der Waals surface area contributed by atoms with Crippen molar-refractivity contribution in [2.24, 2.45) is 0 Å². The summed E-state index contributed by atoms with van der Waals surface area (Å²) in [6, 6.07) is 1.68. The van der Waals surface area contributed by atoms with Crippen LogP contribution in [0.1, 0.15) is 17.3 Å². The summed E-state index contributed by atoms with van der Waals surface area (Å²) in [5.74, 6) is -4.14. The average Bonchev–Trinajstić information content (AvgIpc) is 2.16. The van der Waals surface area contributed by atoms with Crippen LogP contribution in [0.4, 0.5) is 0 Å². The average molecular weight is 226 g/mol. The number of benzene rings is 1. The molecule has 0 saturated carbocycles. The molecule has 0 unspecified atom stereocenters. The zero-order valence-electron chi connectivity index (χ0n) is 8.43. The molecule has 0 atom stereocenters. The first-order valence-electron chi connectivity index (χ1n) is 4.43. The Morgan fingerprint density at radius 3 is 2.12 bits per heavy atom. The van der Waals surface area contributed by atoms with Crippen molar-refractivity contribution in [1.82, 2.24) is 0 Å². The fraction of sp³-hybridized carbons (Fsp3) is 0.200. The van der Waals surface area contributed by atoms with Gasteiger partial charge < -0.3 is 20.1 Å². The van der Waals surface area contributed by atoms with E-state index in [1.165, 1.54) is 6.92 Å². The van der Waals surface area contributed by atoms with Crippen LogP contribution in [0, 0.1) is 0 Å². The zero-order chi connectivity index (χ0) is 12.3. The molecule has 16 heavy (non-hydrogen) atoms. The van der Waals surface area contributed by atoms with E-state index in [2.05, 4.69) is 4.74 Å². The predicted octanol–water partition coefficient (Wildman–Crippen LogP) is 0.549. The number of Topliss-reactive ketones (excluding diaryl/α,β-unsaturated/α-hetero) is 1. The SMILES string of the molecule is CCOC(=O)C(=O)c1c(O)cc(O)cc1O. The van der Waals surface area contributed by atoms with Crippen molar-refractivity contribution in [1.29, 1.82) is 0 Å². The first-order chi connectivity index (χ1) is 7.47. The Bertz CT molecular complexity index is 414. The number of carbonyl (C=O) groups is 2. The molecule has 0 aliphatic heterocycles. The van der Waals surface area contributed by atoms with Gasteiger partial charge in [0.1, 0.15) is 22.8 Å². The van der Waals surface area contributed by atoms with Crippen LogP contribution in [0.15, 0.2) is 12.1 Å². The Balaban J connectivity index is 3.14. The van der Waals surface area contributed by atoms with Crippen LogP contribution >= 0.6 is 0 Å². The second kappa shape index (κ2) is 4.52. The van der Waals surface area contributed by atoms with Crippen LogP contribution in [-0.4, -0.2) is 33.7 Å². The van der Waals surface area contributed by atoms with Crippen molar-refractivity contribution >= 4 is 11.8 Å². The summed E-state index contributed by atoms with van der Waals surface area (Å²) in [5.41, 5.74) is -0.587. The van der Waals surface area contributed by atoms with E-state index in [4.69, 9.17) is 5.11 Å². The van der Waals surface area contributed by atoms with E-state index in [0.29, 0.717) is 0 Å².